The van der Waals surface area contributed by atoms with Crippen LogP contribution in [0.1, 0.15) is 12.8 Å². The number of nitrogens with zero attached hydrogens (tertiary/aromatic N) is 3. The quantitative estimate of drug-likeness (QED) is 0.770. The van der Waals surface area contributed by atoms with Crippen molar-refractivity contribution in [2.45, 2.75) is 12.8 Å². The summed E-state index contributed by atoms with van der Waals surface area (Å²) in [6.45, 7) is 2.65. The first-order valence-electron chi connectivity index (χ1n) is 6.31. The molecule has 0 aliphatic carbocycles. The number of piperidine rings is 1. The predicted octanol–water partition coefficient (Wildman–Crippen LogP) is -0.232. The summed E-state index contributed by atoms with van der Waals surface area (Å²) in [7, 11) is 0. The number of carbonyl (C=O) groups excluding carboxylic acids is 1. The zero-order chi connectivity index (χ0) is 12.8. The molecule has 0 saturated carbocycles. The van der Waals surface area contributed by atoms with Crippen LogP contribution in [0, 0.1) is 5.92 Å². The van der Waals surface area contributed by atoms with E-state index in [1.54, 1.807) is 6.20 Å². The molecule has 0 radical (unpaired) electrons. The van der Waals surface area contributed by atoms with Gasteiger partial charge in [-0.05, 0) is 25.0 Å². The first-order chi connectivity index (χ1) is 8.81. The maximum absolute atomic E-state index is 11.9. The summed E-state index contributed by atoms with van der Waals surface area (Å²) in [6.07, 6.45) is 3.57. The van der Waals surface area contributed by atoms with Crippen molar-refractivity contribution in [3.8, 4) is 0 Å². The van der Waals surface area contributed by atoms with Crippen LogP contribution < -0.4 is 16.0 Å². The number of anilines is 1. The highest BCUT2D eigenvalue weighted by Crippen LogP contribution is 2.20. The molecule has 1 aromatic heterocycles. The van der Waals surface area contributed by atoms with Gasteiger partial charge in [-0.3, -0.25) is 4.79 Å². The largest absolute Gasteiger partial charge is 0.355 e. The van der Waals surface area contributed by atoms with Crippen LogP contribution in [0.3, 0.4) is 0 Å². The van der Waals surface area contributed by atoms with Crippen LogP contribution in [0.2, 0.25) is 0 Å². The number of nitrogens with one attached hydrogen (secondary N) is 1. The third kappa shape index (κ3) is 3.16. The molecule has 98 valence electrons. The zero-order valence-corrected chi connectivity index (χ0v) is 10.4. The van der Waals surface area contributed by atoms with Gasteiger partial charge in [0.15, 0.2) is 5.82 Å². The smallest absolute Gasteiger partial charge is 0.224 e. The highest BCUT2D eigenvalue weighted by atomic mass is 16.1. The molecule has 1 aliphatic heterocycles. The molecule has 2 heterocycles. The molecule has 18 heavy (non-hydrogen) atoms. The Labute approximate surface area is 107 Å². The van der Waals surface area contributed by atoms with Crippen LogP contribution in [0.4, 0.5) is 5.82 Å². The van der Waals surface area contributed by atoms with E-state index in [9.17, 15) is 4.79 Å². The molecule has 1 aliphatic rings. The molecule has 0 aromatic carbocycles. The Bertz CT molecular complexity index is 383. The topological polar surface area (TPSA) is 84.1 Å². The summed E-state index contributed by atoms with van der Waals surface area (Å²) < 4.78 is 0. The van der Waals surface area contributed by atoms with Gasteiger partial charge in [0, 0.05) is 32.4 Å². The molecule has 1 unspecified atom stereocenters. The molecular formula is C12H19N5O. The van der Waals surface area contributed by atoms with Gasteiger partial charge in [0.05, 0.1) is 5.92 Å². The number of carbonyl (C=O) groups is 1. The van der Waals surface area contributed by atoms with Crippen LogP contribution in [0.15, 0.2) is 18.3 Å². The van der Waals surface area contributed by atoms with Crippen molar-refractivity contribution in [2.75, 3.05) is 31.1 Å². The van der Waals surface area contributed by atoms with Crippen molar-refractivity contribution < 1.29 is 4.79 Å². The van der Waals surface area contributed by atoms with E-state index in [4.69, 9.17) is 5.73 Å². The van der Waals surface area contributed by atoms with E-state index in [0.717, 1.165) is 25.2 Å². The minimum atomic E-state index is 0.0207. The van der Waals surface area contributed by atoms with Gasteiger partial charge in [0.25, 0.3) is 0 Å². The van der Waals surface area contributed by atoms with Gasteiger partial charge in [-0.25, -0.2) is 0 Å². The minimum Gasteiger partial charge on any atom is -0.355 e. The summed E-state index contributed by atoms with van der Waals surface area (Å²) in [4.78, 5) is 14.0. The van der Waals surface area contributed by atoms with Crippen LogP contribution in [0.25, 0.3) is 0 Å². The van der Waals surface area contributed by atoms with Crippen LogP contribution in [0.5, 0.6) is 0 Å². The van der Waals surface area contributed by atoms with Crippen molar-refractivity contribution in [3.63, 3.8) is 0 Å². The monoisotopic (exact) mass is 249 g/mol. The lowest BCUT2D eigenvalue weighted by Crippen LogP contribution is -2.44. The molecule has 1 fully saturated rings. The first-order valence-corrected chi connectivity index (χ1v) is 6.31. The van der Waals surface area contributed by atoms with E-state index in [1.165, 1.54) is 0 Å². The number of aromatic nitrogens is 2. The highest BCUT2D eigenvalue weighted by Gasteiger charge is 2.26. The lowest BCUT2D eigenvalue weighted by Gasteiger charge is -2.32. The van der Waals surface area contributed by atoms with Gasteiger partial charge in [0.2, 0.25) is 5.91 Å². The number of hydrogen-bond donors (Lipinski definition) is 2. The second-order valence-corrected chi connectivity index (χ2v) is 4.45. The van der Waals surface area contributed by atoms with Gasteiger partial charge in [-0.1, -0.05) is 0 Å². The van der Waals surface area contributed by atoms with Crippen molar-refractivity contribution in [2.24, 2.45) is 11.7 Å². The number of hydrogen-bond acceptors (Lipinski definition) is 5. The Morgan fingerprint density at radius 3 is 3.22 bits per heavy atom. The van der Waals surface area contributed by atoms with E-state index in [1.807, 2.05) is 12.1 Å². The maximum Gasteiger partial charge on any atom is 0.224 e. The second-order valence-electron chi connectivity index (χ2n) is 4.45. The lowest BCUT2D eigenvalue weighted by molar-refractivity contribution is -0.125. The molecule has 6 heteroatoms. The van der Waals surface area contributed by atoms with Gasteiger partial charge in [0.1, 0.15) is 0 Å². The molecular weight excluding hydrogens is 230 g/mol. The molecule has 1 atom stereocenters. The van der Waals surface area contributed by atoms with Crippen LogP contribution in [-0.2, 0) is 4.79 Å². The third-order valence-electron chi connectivity index (χ3n) is 3.12. The number of amides is 1. The normalized spacial score (nSPS) is 19.6. The predicted molar refractivity (Wildman–Crippen MR) is 69.0 cm³/mol. The van der Waals surface area contributed by atoms with Gasteiger partial charge in [-0.15, -0.1) is 5.10 Å². The summed E-state index contributed by atoms with van der Waals surface area (Å²) in [5.74, 6) is 0.954. The maximum atomic E-state index is 11.9. The van der Waals surface area contributed by atoms with Gasteiger partial charge in [-0.2, -0.15) is 5.10 Å². The summed E-state index contributed by atoms with van der Waals surface area (Å²) in [5.41, 5.74) is 5.38. The minimum absolute atomic E-state index is 0.0207. The lowest BCUT2D eigenvalue weighted by atomic mass is 9.97. The van der Waals surface area contributed by atoms with Crippen molar-refractivity contribution in [1.29, 1.82) is 0 Å². The first kappa shape index (κ1) is 12.8. The van der Waals surface area contributed by atoms with Crippen molar-refractivity contribution in [3.05, 3.63) is 18.3 Å². The zero-order valence-electron chi connectivity index (χ0n) is 10.4. The Balaban J connectivity index is 1.94. The second kappa shape index (κ2) is 6.30. The fourth-order valence-corrected chi connectivity index (χ4v) is 2.20. The molecule has 3 N–H and O–H groups in total. The Morgan fingerprint density at radius 2 is 2.50 bits per heavy atom. The van der Waals surface area contributed by atoms with E-state index < -0.39 is 0 Å². The average molecular weight is 249 g/mol. The standard InChI is InChI=1S/C12H19N5O/c13-5-7-14-12(18)10-3-2-8-17(9-10)11-4-1-6-15-16-11/h1,4,6,10H,2-3,5,7-9,13H2,(H,14,18). The molecule has 1 saturated heterocycles. The van der Waals surface area contributed by atoms with Crippen molar-refractivity contribution in [1.82, 2.24) is 15.5 Å². The molecule has 0 bridgehead atoms. The summed E-state index contributed by atoms with van der Waals surface area (Å²) in [6, 6.07) is 3.79. The van der Waals surface area contributed by atoms with E-state index in [-0.39, 0.29) is 11.8 Å². The van der Waals surface area contributed by atoms with Gasteiger partial charge < -0.3 is 16.0 Å². The molecule has 0 spiro atoms. The SMILES string of the molecule is NCCNC(=O)C1CCCN(c2cccnn2)C1. The molecule has 2 rings (SSSR count). The Morgan fingerprint density at radius 1 is 1.61 bits per heavy atom. The number of nitrogens with two attached hydrogens (primary N) is 1. The Kier molecular flexibility index (Phi) is 4.46. The highest BCUT2D eigenvalue weighted by molar-refractivity contribution is 5.79. The van der Waals surface area contributed by atoms with Gasteiger partial charge >= 0.3 is 0 Å². The van der Waals surface area contributed by atoms with E-state index >= 15 is 0 Å². The van der Waals surface area contributed by atoms with Crippen LogP contribution >= 0.6 is 0 Å². The summed E-state index contributed by atoms with van der Waals surface area (Å²) >= 11 is 0. The Hall–Kier alpha value is -1.69. The average Bonchev–Trinajstić information content (AvgIpc) is 2.46. The van der Waals surface area contributed by atoms with E-state index in [0.29, 0.717) is 19.6 Å². The molecule has 1 amide bonds. The van der Waals surface area contributed by atoms with Crippen molar-refractivity contribution >= 4 is 11.7 Å². The summed E-state index contributed by atoms with van der Waals surface area (Å²) in [5, 5.41) is 10.8. The molecule has 6 nitrogen and oxygen atoms in total. The van der Waals surface area contributed by atoms with E-state index in [2.05, 4.69) is 20.4 Å². The number of rotatable bonds is 4. The van der Waals surface area contributed by atoms with Crippen LogP contribution in [-0.4, -0.2) is 42.3 Å². The fourth-order valence-electron chi connectivity index (χ4n) is 2.20. The molecule has 1 aromatic rings. The third-order valence-corrected chi connectivity index (χ3v) is 3.12. The fraction of sp³-hybridized carbons (Fsp3) is 0.583.